The van der Waals surface area contributed by atoms with Gasteiger partial charge in [0.25, 0.3) is 0 Å². The summed E-state index contributed by atoms with van der Waals surface area (Å²) in [6, 6.07) is 4.36. The Balaban J connectivity index is 2.14. The number of rotatable bonds is 3. The molecule has 1 fully saturated rings. The first kappa shape index (κ1) is 15.7. The number of alkyl halides is 3. The fourth-order valence-electron chi connectivity index (χ4n) is 2.14. The van der Waals surface area contributed by atoms with Crippen molar-refractivity contribution in [1.82, 2.24) is 4.90 Å². The Morgan fingerprint density at radius 1 is 1.29 bits per heavy atom. The van der Waals surface area contributed by atoms with Crippen molar-refractivity contribution in [2.24, 2.45) is 0 Å². The molecule has 1 aliphatic heterocycles. The summed E-state index contributed by atoms with van der Waals surface area (Å²) in [5.74, 6) is -0.598. The fourth-order valence-corrected chi connectivity index (χ4v) is 2.84. The van der Waals surface area contributed by atoms with Gasteiger partial charge < -0.3 is 4.90 Å². The molecule has 1 unspecified atom stereocenters. The number of benzene rings is 1. The molecule has 0 aromatic heterocycles. The third-order valence-electron chi connectivity index (χ3n) is 3.20. The van der Waals surface area contributed by atoms with Gasteiger partial charge in [0.15, 0.2) is 0 Å². The SMILES string of the molecule is O=C1CC(S(=O)(=O)F)CN1Cc1cccc(C(F)(F)F)c1. The molecule has 1 aromatic carbocycles. The van der Waals surface area contributed by atoms with Gasteiger partial charge >= 0.3 is 16.4 Å². The average molecular weight is 325 g/mol. The molecule has 21 heavy (non-hydrogen) atoms. The molecule has 0 aliphatic carbocycles. The lowest BCUT2D eigenvalue weighted by atomic mass is 10.1. The minimum Gasteiger partial charge on any atom is -0.337 e. The van der Waals surface area contributed by atoms with Crippen LogP contribution in [-0.2, 0) is 27.7 Å². The van der Waals surface area contributed by atoms with E-state index in [9.17, 15) is 30.3 Å². The van der Waals surface area contributed by atoms with Gasteiger partial charge in [-0.05, 0) is 17.7 Å². The van der Waals surface area contributed by atoms with Crippen molar-refractivity contribution in [1.29, 1.82) is 0 Å². The number of carbonyl (C=O) groups excluding carboxylic acids is 1. The van der Waals surface area contributed by atoms with Crippen LogP contribution in [0.4, 0.5) is 17.1 Å². The van der Waals surface area contributed by atoms with Crippen molar-refractivity contribution in [3.8, 4) is 0 Å². The van der Waals surface area contributed by atoms with E-state index in [0.29, 0.717) is 0 Å². The molecule has 1 saturated heterocycles. The largest absolute Gasteiger partial charge is 0.416 e. The predicted molar refractivity (Wildman–Crippen MR) is 65.3 cm³/mol. The van der Waals surface area contributed by atoms with Crippen molar-refractivity contribution >= 4 is 16.1 Å². The second-order valence-corrected chi connectivity index (χ2v) is 6.39. The number of hydrogen-bond acceptors (Lipinski definition) is 3. The topological polar surface area (TPSA) is 54.5 Å². The first-order valence-electron chi connectivity index (χ1n) is 5.95. The van der Waals surface area contributed by atoms with E-state index in [4.69, 9.17) is 0 Å². The molecule has 1 amide bonds. The van der Waals surface area contributed by atoms with E-state index in [0.717, 1.165) is 17.0 Å². The fraction of sp³-hybridized carbons (Fsp3) is 0.417. The number of likely N-dealkylation sites (tertiary alicyclic amines) is 1. The summed E-state index contributed by atoms with van der Waals surface area (Å²) in [6.07, 6.45) is -4.99. The first-order chi connectivity index (χ1) is 9.57. The Bertz CT molecular complexity index is 657. The predicted octanol–water partition coefficient (Wildman–Crippen LogP) is 2.11. The molecule has 9 heteroatoms. The third-order valence-corrected chi connectivity index (χ3v) is 4.32. The maximum Gasteiger partial charge on any atom is 0.416 e. The number of hydrogen-bond donors (Lipinski definition) is 0. The lowest BCUT2D eigenvalue weighted by molar-refractivity contribution is -0.137. The monoisotopic (exact) mass is 325 g/mol. The zero-order chi connectivity index (χ0) is 15.8. The zero-order valence-corrected chi connectivity index (χ0v) is 11.4. The standard InChI is InChI=1S/C12H11F4NO3S/c13-12(14,15)9-3-1-2-8(4-9)6-17-7-10(5-11(17)18)21(16,19)20/h1-4,10H,5-7H2. The van der Waals surface area contributed by atoms with E-state index in [2.05, 4.69) is 0 Å². The Hall–Kier alpha value is -1.64. The summed E-state index contributed by atoms with van der Waals surface area (Å²) in [6.45, 7) is -0.539. The smallest absolute Gasteiger partial charge is 0.337 e. The highest BCUT2D eigenvalue weighted by molar-refractivity contribution is 7.87. The zero-order valence-electron chi connectivity index (χ0n) is 10.6. The Kier molecular flexibility index (Phi) is 3.96. The van der Waals surface area contributed by atoms with Gasteiger partial charge in [0.2, 0.25) is 5.91 Å². The lowest BCUT2D eigenvalue weighted by Gasteiger charge is -2.17. The van der Waals surface area contributed by atoms with Crippen LogP contribution in [0, 0.1) is 0 Å². The summed E-state index contributed by atoms with van der Waals surface area (Å²) in [7, 11) is -4.83. The summed E-state index contributed by atoms with van der Waals surface area (Å²) in [5.41, 5.74) is -0.656. The van der Waals surface area contributed by atoms with Crippen LogP contribution in [0.3, 0.4) is 0 Å². The van der Waals surface area contributed by atoms with Crippen molar-refractivity contribution in [2.75, 3.05) is 6.54 Å². The van der Waals surface area contributed by atoms with Gasteiger partial charge in [0.05, 0.1) is 5.56 Å². The molecular formula is C12H11F4NO3S. The molecule has 116 valence electrons. The van der Waals surface area contributed by atoms with Gasteiger partial charge in [-0.2, -0.15) is 21.6 Å². The van der Waals surface area contributed by atoms with Crippen LogP contribution in [0.15, 0.2) is 24.3 Å². The second kappa shape index (κ2) is 5.28. The minimum absolute atomic E-state index is 0.186. The van der Waals surface area contributed by atoms with E-state index < -0.39 is 39.5 Å². The molecule has 1 aromatic rings. The van der Waals surface area contributed by atoms with Crippen molar-refractivity contribution in [3.63, 3.8) is 0 Å². The Labute approximate surface area is 118 Å². The maximum atomic E-state index is 12.8. The summed E-state index contributed by atoms with van der Waals surface area (Å²) < 4.78 is 72.1. The van der Waals surface area contributed by atoms with E-state index in [1.54, 1.807) is 0 Å². The van der Waals surface area contributed by atoms with Crippen LogP contribution in [0.2, 0.25) is 0 Å². The lowest BCUT2D eigenvalue weighted by Crippen LogP contribution is -2.27. The molecule has 0 spiro atoms. The Morgan fingerprint density at radius 2 is 1.95 bits per heavy atom. The van der Waals surface area contributed by atoms with Crippen LogP contribution >= 0.6 is 0 Å². The highest BCUT2D eigenvalue weighted by Crippen LogP contribution is 2.30. The van der Waals surface area contributed by atoms with E-state index in [1.165, 1.54) is 12.1 Å². The normalized spacial score (nSPS) is 20.1. The van der Waals surface area contributed by atoms with E-state index in [1.807, 2.05) is 0 Å². The van der Waals surface area contributed by atoms with Crippen LogP contribution in [0.1, 0.15) is 17.5 Å². The molecular weight excluding hydrogens is 314 g/mol. The summed E-state index contributed by atoms with van der Waals surface area (Å²) >= 11 is 0. The summed E-state index contributed by atoms with van der Waals surface area (Å²) in [5, 5.41) is -1.45. The third kappa shape index (κ3) is 3.72. The Morgan fingerprint density at radius 3 is 2.48 bits per heavy atom. The first-order valence-corrected chi connectivity index (χ1v) is 7.39. The van der Waals surface area contributed by atoms with Crippen LogP contribution in [0.25, 0.3) is 0 Å². The van der Waals surface area contributed by atoms with Gasteiger partial charge in [0, 0.05) is 19.5 Å². The molecule has 0 N–H and O–H groups in total. The van der Waals surface area contributed by atoms with Gasteiger partial charge in [-0.15, -0.1) is 3.89 Å². The second-order valence-electron chi connectivity index (χ2n) is 4.77. The maximum absolute atomic E-state index is 12.8. The number of halogens is 4. The van der Waals surface area contributed by atoms with Crippen molar-refractivity contribution < 1.29 is 30.3 Å². The van der Waals surface area contributed by atoms with Crippen molar-refractivity contribution in [3.05, 3.63) is 35.4 Å². The average Bonchev–Trinajstić information content (AvgIpc) is 2.70. The molecule has 0 saturated carbocycles. The number of nitrogens with zero attached hydrogens (tertiary/aromatic N) is 1. The molecule has 1 aliphatic rings. The highest BCUT2D eigenvalue weighted by atomic mass is 32.3. The number of amides is 1. The van der Waals surface area contributed by atoms with E-state index >= 15 is 0 Å². The van der Waals surface area contributed by atoms with E-state index in [-0.39, 0.29) is 18.7 Å². The van der Waals surface area contributed by atoms with Gasteiger partial charge in [-0.3, -0.25) is 4.79 Å². The van der Waals surface area contributed by atoms with Crippen LogP contribution in [-0.4, -0.2) is 31.0 Å². The quantitative estimate of drug-likeness (QED) is 0.632. The minimum atomic E-state index is -4.83. The molecule has 1 atom stereocenters. The van der Waals surface area contributed by atoms with Crippen molar-refractivity contribution in [2.45, 2.75) is 24.4 Å². The van der Waals surface area contributed by atoms with Gasteiger partial charge in [-0.1, -0.05) is 12.1 Å². The molecule has 2 rings (SSSR count). The molecule has 0 radical (unpaired) electrons. The highest BCUT2D eigenvalue weighted by Gasteiger charge is 2.38. The van der Waals surface area contributed by atoms with Gasteiger partial charge in [0.1, 0.15) is 5.25 Å². The van der Waals surface area contributed by atoms with Gasteiger partial charge in [-0.25, -0.2) is 0 Å². The van der Waals surface area contributed by atoms with Crippen LogP contribution in [0.5, 0.6) is 0 Å². The molecule has 1 heterocycles. The number of carbonyl (C=O) groups is 1. The molecule has 4 nitrogen and oxygen atoms in total. The molecule has 0 bridgehead atoms. The van der Waals surface area contributed by atoms with Crippen LogP contribution < -0.4 is 0 Å². The summed E-state index contributed by atoms with van der Waals surface area (Å²) in [4.78, 5) is 12.6.